The van der Waals surface area contributed by atoms with E-state index in [0.717, 1.165) is 5.56 Å². The molecule has 1 aliphatic rings. The summed E-state index contributed by atoms with van der Waals surface area (Å²) in [6.07, 6.45) is -0.367. The van der Waals surface area contributed by atoms with E-state index >= 15 is 0 Å². The molecule has 3 rings (SSSR count). The van der Waals surface area contributed by atoms with Crippen LogP contribution >= 0.6 is 0 Å². The maximum atomic E-state index is 12.8. The van der Waals surface area contributed by atoms with Crippen molar-refractivity contribution in [1.82, 2.24) is 4.90 Å². The second-order valence-electron chi connectivity index (χ2n) is 5.39. The highest BCUT2D eigenvalue weighted by molar-refractivity contribution is 5.97. The van der Waals surface area contributed by atoms with E-state index in [9.17, 15) is 9.59 Å². The summed E-state index contributed by atoms with van der Waals surface area (Å²) < 4.78 is 5.72. The summed E-state index contributed by atoms with van der Waals surface area (Å²) in [6.45, 7) is 2.49. The standard InChI is InChI=1S/C18H18N2O3/c1-13(21)19-16-9-5-8-15(12-16)17(22)20-10-11-23-18(20)14-6-3-2-4-7-14/h2-9,12,18H,10-11H2,1H3,(H,19,21). The number of ether oxygens (including phenoxy) is 1. The highest BCUT2D eigenvalue weighted by Gasteiger charge is 2.31. The highest BCUT2D eigenvalue weighted by Crippen LogP contribution is 2.28. The van der Waals surface area contributed by atoms with Gasteiger partial charge in [0.05, 0.1) is 6.61 Å². The lowest BCUT2D eigenvalue weighted by Gasteiger charge is -2.23. The Morgan fingerprint density at radius 3 is 2.65 bits per heavy atom. The number of nitrogens with one attached hydrogen (secondary N) is 1. The average Bonchev–Trinajstić information content (AvgIpc) is 3.04. The third kappa shape index (κ3) is 3.40. The van der Waals surface area contributed by atoms with Crippen molar-refractivity contribution in [3.8, 4) is 0 Å². The third-order valence-electron chi connectivity index (χ3n) is 3.67. The van der Waals surface area contributed by atoms with E-state index in [-0.39, 0.29) is 18.0 Å². The lowest BCUT2D eigenvalue weighted by atomic mass is 10.1. The molecule has 5 heteroatoms. The van der Waals surface area contributed by atoms with Gasteiger partial charge in [-0.3, -0.25) is 9.59 Å². The maximum absolute atomic E-state index is 12.8. The van der Waals surface area contributed by atoms with Gasteiger partial charge in [-0.25, -0.2) is 0 Å². The number of carbonyl (C=O) groups is 2. The number of amides is 2. The summed E-state index contributed by atoms with van der Waals surface area (Å²) in [5.74, 6) is -0.273. The Hall–Kier alpha value is -2.66. The van der Waals surface area contributed by atoms with E-state index in [2.05, 4.69) is 5.32 Å². The third-order valence-corrected chi connectivity index (χ3v) is 3.67. The fraction of sp³-hybridized carbons (Fsp3) is 0.222. The normalized spacial score (nSPS) is 17.1. The van der Waals surface area contributed by atoms with E-state index in [1.807, 2.05) is 30.3 Å². The highest BCUT2D eigenvalue weighted by atomic mass is 16.5. The Kier molecular flexibility index (Phi) is 4.39. The average molecular weight is 310 g/mol. The first-order chi connectivity index (χ1) is 11.1. The van der Waals surface area contributed by atoms with Gasteiger partial charge in [0.1, 0.15) is 0 Å². The molecule has 1 N–H and O–H groups in total. The van der Waals surface area contributed by atoms with Gasteiger partial charge in [0, 0.05) is 30.3 Å². The van der Waals surface area contributed by atoms with E-state index in [1.165, 1.54) is 6.92 Å². The van der Waals surface area contributed by atoms with Crippen LogP contribution in [0.25, 0.3) is 0 Å². The van der Waals surface area contributed by atoms with Crippen LogP contribution in [-0.2, 0) is 9.53 Å². The number of hydrogen-bond acceptors (Lipinski definition) is 3. The predicted octanol–water partition coefficient (Wildman–Crippen LogP) is 2.82. The minimum Gasteiger partial charge on any atom is -0.352 e. The molecule has 0 aromatic heterocycles. The molecule has 1 atom stereocenters. The van der Waals surface area contributed by atoms with Crippen molar-refractivity contribution < 1.29 is 14.3 Å². The Labute approximate surface area is 134 Å². The molecule has 1 heterocycles. The summed E-state index contributed by atoms with van der Waals surface area (Å²) in [5.41, 5.74) is 2.10. The van der Waals surface area contributed by atoms with E-state index in [1.54, 1.807) is 29.2 Å². The van der Waals surface area contributed by atoms with Crippen molar-refractivity contribution >= 4 is 17.5 Å². The molecule has 1 unspecified atom stereocenters. The minimum atomic E-state index is -0.367. The molecule has 0 bridgehead atoms. The fourth-order valence-electron chi connectivity index (χ4n) is 2.67. The van der Waals surface area contributed by atoms with Crippen LogP contribution in [0.15, 0.2) is 54.6 Å². The van der Waals surface area contributed by atoms with Crippen LogP contribution < -0.4 is 5.32 Å². The van der Waals surface area contributed by atoms with Gasteiger partial charge in [-0.1, -0.05) is 36.4 Å². The van der Waals surface area contributed by atoms with Crippen LogP contribution in [0.5, 0.6) is 0 Å². The van der Waals surface area contributed by atoms with Crippen molar-refractivity contribution in [2.24, 2.45) is 0 Å². The lowest BCUT2D eigenvalue weighted by molar-refractivity contribution is -0.114. The predicted molar refractivity (Wildman–Crippen MR) is 86.9 cm³/mol. The van der Waals surface area contributed by atoms with Gasteiger partial charge >= 0.3 is 0 Å². The van der Waals surface area contributed by atoms with Gasteiger partial charge in [0.2, 0.25) is 5.91 Å². The zero-order chi connectivity index (χ0) is 16.2. The van der Waals surface area contributed by atoms with Crippen molar-refractivity contribution in [2.75, 3.05) is 18.5 Å². The topological polar surface area (TPSA) is 58.6 Å². The van der Waals surface area contributed by atoms with Gasteiger partial charge in [-0.05, 0) is 18.2 Å². The molecule has 2 aromatic carbocycles. The molecule has 1 aliphatic heterocycles. The van der Waals surface area contributed by atoms with Crippen LogP contribution in [-0.4, -0.2) is 29.9 Å². The number of hydrogen-bond donors (Lipinski definition) is 1. The number of nitrogens with zero attached hydrogens (tertiary/aromatic N) is 1. The van der Waals surface area contributed by atoms with Crippen molar-refractivity contribution in [1.29, 1.82) is 0 Å². The van der Waals surface area contributed by atoms with Crippen LogP contribution in [0.1, 0.15) is 29.1 Å². The molecule has 0 radical (unpaired) electrons. The monoisotopic (exact) mass is 310 g/mol. The van der Waals surface area contributed by atoms with Crippen LogP contribution in [0, 0.1) is 0 Å². The molecular formula is C18H18N2O3. The number of carbonyl (C=O) groups excluding carboxylic acids is 2. The van der Waals surface area contributed by atoms with Gasteiger partial charge in [-0.15, -0.1) is 0 Å². The van der Waals surface area contributed by atoms with E-state index in [0.29, 0.717) is 24.4 Å². The van der Waals surface area contributed by atoms with Gasteiger partial charge in [-0.2, -0.15) is 0 Å². The first kappa shape index (κ1) is 15.2. The summed E-state index contributed by atoms with van der Waals surface area (Å²) >= 11 is 0. The van der Waals surface area contributed by atoms with E-state index < -0.39 is 0 Å². The molecular weight excluding hydrogens is 292 g/mol. The summed E-state index contributed by atoms with van der Waals surface area (Å²) in [5, 5.41) is 2.69. The van der Waals surface area contributed by atoms with Crippen LogP contribution in [0.2, 0.25) is 0 Å². The molecule has 2 amide bonds. The van der Waals surface area contributed by atoms with Gasteiger partial charge in [0.25, 0.3) is 5.91 Å². The number of benzene rings is 2. The van der Waals surface area contributed by atoms with Crippen molar-refractivity contribution in [3.63, 3.8) is 0 Å². The summed E-state index contributed by atoms with van der Waals surface area (Å²) in [4.78, 5) is 25.7. The Morgan fingerprint density at radius 1 is 1.13 bits per heavy atom. The lowest BCUT2D eigenvalue weighted by Crippen LogP contribution is -2.31. The SMILES string of the molecule is CC(=O)Nc1cccc(C(=O)N2CCOC2c2ccccc2)c1. The van der Waals surface area contributed by atoms with Gasteiger partial charge < -0.3 is 15.0 Å². The summed E-state index contributed by atoms with van der Waals surface area (Å²) in [7, 11) is 0. The molecule has 5 nitrogen and oxygen atoms in total. The second kappa shape index (κ2) is 6.62. The van der Waals surface area contributed by atoms with Crippen molar-refractivity contribution in [3.05, 3.63) is 65.7 Å². The van der Waals surface area contributed by atoms with Crippen molar-refractivity contribution in [2.45, 2.75) is 13.2 Å². The molecule has 1 fully saturated rings. The first-order valence-corrected chi connectivity index (χ1v) is 7.50. The largest absolute Gasteiger partial charge is 0.352 e. The second-order valence-corrected chi connectivity index (χ2v) is 5.39. The molecule has 2 aromatic rings. The smallest absolute Gasteiger partial charge is 0.256 e. The molecule has 0 saturated carbocycles. The Bertz CT molecular complexity index is 715. The quantitative estimate of drug-likeness (QED) is 0.948. The minimum absolute atomic E-state index is 0.108. The maximum Gasteiger partial charge on any atom is 0.256 e. The molecule has 0 spiro atoms. The zero-order valence-corrected chi connectivity index (χ0v) is 12.9. The van der Waals surface area contributed by atoms with Crippen LogP contribution in [0.4, 0.5) is 5.69 Å². The molecule has 118 valence electrons. The molecule has 23 heavy (non-hydrogen) atoms. The zero-order valence-electron chi connectivity index (χ0n) is 12.9. The van der Waals surface area contributed by atoms with Crippen LogP contribution in [0.3, 0.4) is 0 Å². The fourth-order valence-corrected chi connectivity index (χ4v) is 2.67. The number of anilines is 1. The summed E-state index contributed by atoms with van der Waals surface area (Å²) in [6, 6.07) is 16.6. The molecule has 0 aliphatic carbocycles. The Balaban J connectivity index is 1.83. The Morgan fingerprint density at radius 2 is 1.91 bits per heavy atom. The number of rotatable bonds is 3. The van der Waals surface area contributed by atoms with Gasteiger partial charge in [0.15, 0.2) is 6.23 Å². The first-order valence-electron chi connectivity index (χ1n) is 7.50. The van der Waals surface area contributed by atoms with E-state index in [4.69, 9.17) is 4.74 Å². The molecule has 1 saturated heterocycles.